The normalized spacial score (nSPS) is 15.4. The SMILES string of the molecule is CCOC(=O)CN1C(=O)S/C(=C/c2cc(OCC)c(OCC)cc2Cl)C1=O. The number of hydrogen-bond donors (Lipinski definition) is 0. The standard InChI is InChI=1S/C18H20ClNO6S/c1-4-24-13-7-11(12(19)9-14(13)25-5-2)8-15-17(22)20(18(23)27-15)10-16(21)26-6-3/h7-9H,4-6,10H2,1-3H3/b15-8+. The molecule has 9 heteroatoms. The molecule has 1 saturated heterocycles. The van der Waals surface area contributed by atoms with Gasteiger partial charge in [0, 0.05) is 6.07 Å². The molecule has 0 spiro atoms. The Hall–Kier alpha value is -2.19. The summed E-state index contributed by atoms with van der Waals surface area (Å²) < 4.78 is 15.8. The number of hydrogen-bond acceptors (Lipinski definition) is 7. The van der Waals surface area contributed by atoms with E-state index in [0.29, 0.717) is 35.3 Å². The summed E-state index contributed by atoms with van der Waals surface area (Å²) in [6.07, 6.45) is 1.50. The van der Waals surface area contributed by atoms with Gasteiger partial charge in [0.1, 0.15) is 6.54 Å². The summed E-state index contributed by atoms with van der Waals surface area (Å²) >= 11 is 7.03. The Kier molecular flexibility index (Phi) is 7.55. The molecule has 7 nitrogen and oxygen atoms in total. The first kappa shape index (κ1) is 21.1. The van der Waals surface area contributed by atoms with Crippen LogP contribution in [0.1, 0.15) is 26.3 Å². The third-order valence-corrected chi connectivity index (χ3v) is 4.65. The zero-order chi connectivity index (χ0) is 20.0. The first-order valence-corrected chi connectivity index (χ1v) is 9.60. The molecule has 0 saturated carbocycles. The van der Waals surface area contributed by atoms with Crippen LogP contribution in [0.15, 0.2) is 17.0 Å². The molecule has 0 aromatic heterocycles. The molecule has 0 N–H and O–H groups in total. The van der Waals surface area contributed by atoms with E-state index in [4.69, 9.17) is 25.8 Å². The molecule has 146 valence electrons. The average molecular weight is 414 g/mol. The highest BCUT2D eigenvalue weighted by Crippen LogP contribution is 2.38. The molecule has 1 aromatic carbocycles. The summed E-state index contributed by atoms with van der Waals surface area (Å²) in [4.78, 5) is 37.1. The van der Waals surface area contributed by atoms with Crippen molar-refractivity contribution in [2.45, 2.75) is 20.8 Å². The summed E-state index contributed by atoms with van der Waals surface area (Å²) in [5, 5.41) is -0.189. The van der Waals surface area contributed by atoms with E-state index in [9.17, 15) is 14.4 Å². The van der Waals surface area contributed by atoms with Crippen LogP contribution in [0.25, 0.3) is 6.08 Å². The van der Waals surface area contributed by atoms with E-state index in [1.807, 2.05) is 13.8 Å². The van der Waals surface area contributed by atoms with Crippen molar-refractivity contribution >= 4 is 46.6 Å². The van der Waals surface area contributed by atoms with Gasteiger partial charge in [-0.15, -0.1) is 0 Å². The molecule has 0 unspecified atom stereocenters. The Morgan fingerprint density at radius 1 is 1.11 bits per heavy atom. The summed E-state index contributed by atoms with van der Waals surface area (Å²) in [6, 6.07) is 3.25. The van der Waals surface area contributed by atoms with Gasteiger partial charge in [-0.3, -0.25) is 19.3 Å². The van der Waals surface area contributed by atoms with Gasteiger partial charge in [0.2, 0.25) is 0 Å². The summed E-state index contributed by atoms with van der Waals surface area (Å²) in [5.41, 5.74) is 0.505. The monoisotopic (exact) mass is 413 g/mol. The quantitative estimate of drug-likeness (QED) is 0.474. The van der Waals surface area contributed by atoms with Crippen molar-refractivity contribution in [1.29, 1.82) is 0 Å². The molecule has 27 heavy (non-hydrogen) atoms. The first-order valence-electron chi connectivity index (χ1n) is 8.41. The Bertz CT molecular complexity index is 779. The van der Waals surface area contributed by atoms with E-state index in [2.05, 4.69) is 0 Å². The van der Waals surface area contributed by atoms with Crippen molar-refractivity contribution in [3.05, 3.63) is 27.6 Å². The number of thioether (sulfide) groups is 1. The van der Waals surface area contributed by atoms with Crippen molar-refractivity contribution in [2.24, 2.45) is 0 Å². The fourth-order valence-corrected chi connectivity index (χ4v) is 3.35. The lowest BCUT2D eigenvalue weighted by atomic mass is 10.1. The number of ether oxygens (including phenoxy) is 3. The van der Waals surface area contributed by atoms with E-state index < -0.39 is 23.7 Å². The lowest BCUT2D eigenvalue weighted by molar-refractivity contribution is -0.145. The average Bonchev–Trinajstić information content (AvgIpc) is 2.87. The summed E-state index contributed by atoms with van der Waals surface area (Å²) in [5.74, 6) is -0.225. The maximum atomic E-state index is 12.5. The molecule has 0 atom stereocenters. The second-order valence-corrected chi connectivity index (χ2v) is 6.66. The van der Waals surface area contributed by atoms with E-state index in [-0.39, 0.29) is 11.5 Å². The van der Waals surface area contributed by atoms with Gasteiger partial charge in [0.05, 0.1) is 29.7 Å². The second kappa shape index (κ2) is 9.66. The zero-order valence-electron chi connectivity index (χ0n) is 15.2. The second-order valence-electron chi connectivity index (χ2n) is 5.26. The first-order chi connectivity index (χ1) is 12.9. The molecule has 2 amide bonds. The van der Waals surface area contributed by atoms with E-state index >= 15 is 0 Å². The minimum absolute atomic E-state index is 0.165. The van der Waals surface area contributed by atoms with Crippen molar-refractivity contribution in [1.82, 2.24) is 4.90 Å². The molecule has 1 aliphatic rings. The number of nitrogens with zero attached hydrogens (tertiary/aromatic N) is 1. The maximum Gasteiger partial charge on any atom is 0.326 e. The number of halogens is 1. The number of carbonyl (C=O) groups is 3. The van der Waals surface area contributed by atoms with E-state index in [1.165, 1.54) is 6.08 Å². The number of carbonyl (C=O) groups excluding carboxylic acids is 3. The van der Waals surface area contributed by atoms with Crippen molar-refractivity contribution in [3.8, 4) is 11.5 Å². The molecule has 0 bridgehead atoms. The largest absolute Gasteiger partial charge is 0.490 e. The molecule has 0 aliphatic carbocycles. The van der Waals surface area contributed by atoms with Gasteiger partial charge in [-0.25, -0.2) is 0 Å². The number of rotatable bonds is 8. The molecule has 2 rings (SSSR count). The highest BCUT2D eigenvalue weighted by Gasteiger charge is 2.36. The van der Waals surface area contributed by atoms with Crippen molar-refractivity contribution in [3.63, 3.8) is 0 Å². The molecule has 1 aromatic rings. The minimum Gasteiger partial charge on any atom is -0.490 e. The molecule has 0 radical (unpaired) electrons. The number of benzene rings is 1. The van der Waals surface area contributed by atoms with E-state index in [0.717, 1.165) is 16.7 Å². The third kappa shape index (κ3) is 5.17. The van der Waals surface area contributed by atoms with Crippen LogP contribution in [-0.2, 0) is 14.3 Å². The lowest BCUT2D eigenvalue weighted by Crippen LogP contribution is -2.34. The predicted molar refractivity (Wildman–Crippen MR) is 103 cm³/mol. The van der Waals surface area contributed by atoms with Crippen LogP contribution in [0, 0.1) is 0 Å². The molecule has 1 aliphatic heterocycles. The molecule has 1 fully saturated rings. The van der Waals surface area contributed by atoms with Crippen LogP contribution in [0.4, 0.5) is 4.79 Å². The Morgan fingerprint density at radius 3 is 2.33 bits per heavy atom. The van der Waals surface area contributed by atoms with Gasteiger partial charge in [-0.05, 0) is 50.2 Å². The van der Waals surface area contributed by atoms with Crippen LogP contribution in [0.2, 0.25) is 5.02 Å². The highest BCUT2D eigenvalue weighted by molar-refractivity contribution is 8.18. The van der Waals surface area contributed by atoms with Crippen molar-refractivity contribution < 1.29 is 28.6 Å². The Labute approximate surface area is 166 Å². The van der Waals surface area contributed by atoms with Gasteiger partial charge < -0.3 is 14.2 Å². The zero-order valence-corrected chi connectivity index (χ0v) is 16.8. The van der Waals surface area contributed by atoms with Crippen LogP contribution in [-0.4, -0.2) is 48.4 Å². The van der Waals surface area contributed by atoms with Crippen LogP contribution < -0.4 is 9.47 Å². The number of esters is 1. The predicted octanol–water partition coefficient (Wildman–Crippen LogP) is 3.74. The fourth-order valence-electron chi connectivity index (χ4n) is 2.31. The van der Waals surface area contributed by atoms with Gasteiger partial charge in [0.25, 0.3) is 11.1 Å². The van der Waals surface area contributed by atoms with Crippen LogP contribution in [0.3, 0.4) is 0 Å². The van der Waals surface area contributed by atoms with Crippen molar-refractivity contribution in [2.75, 3.05) is 26.4 Å². The van der Waals surface area contributed by atoms with Crippen LogP contribution >= 0.6 is 23.4 Å². The Balaban J connectivity index is 2.30. The van der Waals surface area contributed by atoms with Gasteiger partial charge in [-0.2, -0.15) is 0 Å². The topological polar surface area (TPSA) is 82.1 Å². The molecular formula is C18H20ClNO6S. The maximum absolute atomic E-state index is 12.5. The summed E-state index contributed by atoms with van der Waals surface area (Å²) in [7, 11) is 0. The molecule has 1 heterocycles. The smallest absolute Gasteiger partial charge is 0.326 e. The third-order valence-electron chi connectivity index (χ3n) is 3.42. The fraction of sp³-hybridized carbons (Fsp3) is 0.389. The van der Waals surface area contributed by atoms with Gasteiger partial charge in [-0.1, -0.05) is 11.6 Å². The lowest BCUT2D eigenvalue weighted by Gasteiger charge is -2.13. The minimum atomic E-state index is -0.640. The van der Waals surface area contributed by atoms with Gasteiger partial charge in [0.15, 0.2) is 11.5 Å². The number of imide groups is 1. The van der Waals surface area contributed by atoms with E-state index in [1.54, 1.807) is 19.1 Å². The summed E-state index contributed by atoms with van der Waals surface area (Å²) in [6.45, 7) is 5.96. The Morgan fingerprint density at radius 2 is 1.74 bits per heavy atom. The highest BCUT2D eigenvalue weighted by atomic mass is 35.5. The molecular weight excluding hydrogens is 394 g/mol. The number of amides is 2. The van der Waals surface area contributed by atoms with Gasteiger partial charge >= 0.3 is 5.97 Å². The van der Waals surface area contributed by atoms with Crippen LogP contribution in [0.5, 0.6) is 11.5 Å².